The van der Waals surface area contributed by atoms with Gasteiger partial charge in [0.05, 0.1) is 10.00 Å². The highest BCUT2D eigenvalue weighted by molar-refractivity contribution is 7.93. The van der Waals surface area contributed by atoms with Crippen LogP contribution in [0.15, 0.2) is 0 Å². The number of rotatable bonds is 1. The smallest absolute Gasteiger partial charge is 0.160 e. The summed E-state index contributed by atoms with van der Waals surface area (Å²) in [7, 11) is -2.90. The van der Waals surface area contributed by atoms with Crippen molar-refractivity contribution < 1.29 is 8.42 Å². The number of halogens is 1. The Labute approximate surface area is 80.3 Å². The van der Waals surface area contributed by atoms with Crippen LogP contribution in [0.2, 0.25) is 0 Å². The van der Waals surface area contributed by atoms with E-state index in [1.54, 1.807) is 20.8 Å². The van der Waals surface area contributed by atoms with Crippen LogP contribution >= 0.6 is 12.4 Å². The maximum absolute atomic E-state index is 11.6. The monoisotopic (exact) mass is 213 g/mol. The second-order valence-corrected chi connectivity index (χ2v) is 6.92. The Kier molecular flexibility index (Phi) is 3.58. The van der Waals surface area contributed by atoms with E-state index in [0.717, 1.165) is 0 Å². The summed E-state index contributed by atoms with van der Waals surface area (Å²) in [6, 6.07) is 0. The van der Waals surface area contributed by atoms with Crippen LogP contribution < -0.4 is 5.32 Å². The molecule has 0 bridgehead atoms. The molecule has 0 atom stereocenters. The van der Waals surface area contributed by atoms with Gasteiger partial charge in [-0.15, -0.1) is 12.4 Å². The van der Waals surface area contributed by atoms with Crippen molar-refractivity contribution in [2.75, 3.05) is 13.1 Å². The maximum Gasteiger partial charge on any atom is 0.160 e. The Bertz CT molecular complexity index is 239. The Morgan fingerprint density at radius 3 is 1.75 bits per heavy atom. The lowest BCUT2D eigenvalue weighted by Gasteiger charge is -2.32. The molecule has 0 aliphatic carbocycles. The van der Waals surface area contributed by atoms with Crippen molar-refractivity contribution in [3.63, 3.8) is 0 Å². The molecule has 1 fully saturated rings. The third-order valence-corrected chi connectivity index (χ3v) is 4.95. The molecular weight excluding hydrogens is 198 g/mol. The van der Waals surface area contributed by atoms with Gasteiger partial charge in [0.15, 0.2) is 9.84 Å². The standard InChI is InChI=1S/C7H15NO2S.ClH/c1-7(2,3)11(9,10)6-4-8-5-6;/h6,8H,4-5H2,1-3H3;1H. The minimum absolute atomic E-state index is 0. The second-order valence-electron chi connectivity index (χ2n) is 3.94. The molecule has 1 N–H and O–H groups in total. The van der Waals surface area contributed by atoms with Crippen molar-refractivity contribution >= 4 is 22.2 Å². The quantitative estimate of drug-likeness (QED) is 0.694. The molecule has 1 rings (SSSR count). The highest BCUT2D eigenvalue weighted by atomic mass is 35.5. The summed E-state index contributed by atoms with van der Waals surface area (Å²) in [6.07, 6.45) is 0. The van der Waals surface area contributed by atoms with Gasteiger partial charge in [0.1, 0.15) is 0 Å². The van der Waals surface area contributed by atoms with Crippen LogP contribution in [0.4, 0.5) is 0 Å². The lowest BCUT2D eigenvalue weighted by Crippen LogP contribution is -2.55. The van der Waals surface area contributed by atoms with Crippen LogP contribution in [0, 0.1) is 0 Å². The van der Waals surface area contributed by atoms with Gasteiger partial charge < -0.3 is 5.32 Å². The zero-order chi connectivity index (χ0) is 8.70. The van der Waals surface area contributed by atoms with Crippen LogP contribution in [0.3, 0.4) is 0 Å². The van der Waals surface area contributed by atoms with Gasteiger partial charge in [-0.1, -0.05) is 0 Å². The van der Waals surface area contributed by atoms with Gasteiger partial charge in [-0.2, -0.15) is 0 Å². The molecule has 1 saturated heterocycles. The van der Waals surface area contributed by atoms with E-state index in [0.29, 0.717) is 13.1 Å². The highest BCUT2D eigenvalue weighted by Crippen LogP contribution is 2.22. The molecule has 5 heteroatoms. The average Bonchev–Trinajstić information content (AvgIpc) is 1.53. The van der Waals surface area contributed by atoms with Crippen molar-refractivity contribution in [3.05, 3.63) is 0 Å². The van der Waals surface area contributed by atoms with E-state index >= 15 is 0 Å². The van der Waals surface area contributed by atoms with Gasteiger partial charge in [-0.25, -0.2) is 8.42 Å². The molecule has 0 aromatic carbocycles. The molecule has 74 valence electrons. The minimum atomic E-state index is -2.90. The molecule has 0 aromatic rings. The van der Waals surface area contributed by atoms with E-state index in [-0.39, 0.29) is 17.7 Å². The first-order valence-corrected chi connectivity index (χ1v) is 5.34. The number of hydrogen-bond acceptors (Lipinski definition) is 3. The van der Waals surface area contributed by atoms with Crippen molar-refractivity contribution in [3.8, 4) is 0 Å². The molecule has 1 aliphatic rings. The predicted molar refractivity (Wildman–Crippen MR) is 52.6 cm³/mol. The first-order valence-electron chi connectivity index (χ1n) is 3.80. The normalized spacial score (nSPS) is 19.6. The van der Waals surface area contributed by atoms with Gasteiger partial charge in [0, 0.05) is 13.1 Å². The van der Waals surface area contributed by atoms with Crippen LogP contribution in [0.5, 0.6) is 0 Å². The molecule has 0 saturated carbocycles. The Morgan fingerprint density at radius 2 is 1.67 bits per heavy atom. The van der Waals surface area contributed by atoms with Crippen molar-refractivity contribution in [2.45, 2.75) is 30.8 Å². The van der Waals surface area contributed by atoms with Crippen LogP contribution in [-0.4, -0.2) is 31.5 Å². The largest absolute Gasteiger partial charge is 0.314 e. The maximum atomic E-state index is 11.6. The Hall–Kier alpha value is 0.200. The molecule has 0 aromatic heterocycles. The third-order valence-electron chi connectivity index (χ3n) is 2.04. The first-order chi connectivity index (χ1) is 4.86. The van der Waals surface area contributed by atoms with Crippen LogP contribution in [0.25, 0.3) is 0 Å². The van der Waals surface area contributed by atoms with Crippen LogP contribution in [0.1, 0.15) is 20.8 Å². The molecule has 12 heavy (non-hydrogen) atoms. The molecule has 0 spiro atoms. The Morgan fingerprint density at radius 1 is 1.25 bits per heavy atom. The minimum Gasteiger partial charge on any atom is -0.314 e. The fourth-order valence-corrected chi connectivity index (χ4v) is 2.66. The van der Waals surface area contributed by atoms with E-state index in [2.05, 4.69) is 5.32 Å². The summed E-state index contributed by atoms with van der Waals surface area (Å²) in [6.45, 7) is 6.50. The first kappa shape index (κ1) is 12.2. The molecule has 0 radical (unpaired) electrons. The lowest BCUT2D eigenvalue weighted by atomic mass is 10.2. The van der Waals surface area contributed by atoms with Crippen molar-refractivity contribution in [1.29, 1.82) is 0 Å². The van der Waals surface area contributed by atoms with E-state index in [1.165, 1.54) is 0 Å². The van der Waals surface area contributed by atoms with Gasteiger partial charge >= 0.3 is 0 Å². The summed E-state index contributed by atoms with van der Waals surface area (Å²) < 4.78 is 22.6. The third kappa shape index (κ3) is 1.92. The summed E-state index contributed by atoms with van der Waals surface area (Å²) in [5.74, 6) is 0. The predicted octanol–water partition coefficient (Wildman–Crippen LogP) is 0.593. The SMILES string of the molecule is CC(C)(C)S(=O)(=O)C1CNC1.Cl. The van der Waals surface area contributed by atoms with E-state index in [4.69, 9.17) is 0 Å². The summed E-state index contributed by atoms with van der Waals surface area (Å²) in [5, 5.41) is 2.81. The summed E-state index contributed by atoms with van der Waals surface area (Å²) in [4.78, 5) is 0. The average molecular weight is 214 g/mol. The molecule has 1 heterocycles. The van der Waals surface area contributed by atoms with Gasteiger partial charge in [-0.3, -0.25) is 0 Å². The molecule has 0 unspecified atom stereocenters. The van der Waals surface area contributed by atoms with E-state index in [9.17, 15) is 8.42 Å². The Balaban J connectivity index is 0.00000121. The molecule has 0 amide bonds. The van der Waals surface area contributed by atoms with E-state index in [1.807, 2.05) is 0 Å². The van der Waals surface area contributed by atoms with Crippen molar-refractivity contribution in [1.82, 2.24) is 5.32 Å². The molecule has 3 nitrogen and oxygen atoms in total. The fraction of sp³-hybridized carbons (Fsp3) is 1.00. The van der Waals surface area contributed by atoms with E-state index < -0.39 is 14.6 Å². The molecule has 1 aliphatic heterocycles. The van der Waals surface area contributed by atoms with Gasteiger partial charge in [0.25, 0.3) is 0 Å². The number of nitrogens with one attached hydrogen (secondary N) is 1. The summed E-state index contributed by atoms with van der Waals surface area (Å²) in [5.41, 5.74) is 0. The number of sulfone groups is 1. The van der Waals surface area contributed by atoms with Gasteiger partial charge in [-0.05, 0) is 20.8 Å². The second kappa shape index (κ2) is 3.52. The lowest BCUT2D eigenvalue weighted by molar-refractivity contribution is 0.477. The fourth-order valence-electron chi connectivity index (χ4n) is 0.982. The summed E-state index contributed by atoms with van der Waals surface area (Å²) >= 11 is 0. The van der Waals surface area contributed by atoms with Crippen LogP contribution in [-0.2, 0) is 9.84 Å². The van der Waals surface area contributed by atoms with Crippen molar-refractivity contribution in [2.24, 2.45) is 0 Å². The molecular formula is C7H16ClNO2S. The zero-order valence-electron chi connectivity index (χ0n) is 7.62. The van der Waals surface area contributed by atoms with Gasteiger partial charge in [0.2, 0.25) is 0 Å². The topological polar surface area (TPSA) is 46.2 Å². The number of hydrogen-bond donors (Lipinski definition) is 1. The zero-order valence-corrected chi connectivity index (χ0v) is 9.26. The highest BCUT2D eigenvalue weighted by Gasteiger charge is 2.39.